The first-order valence-electron chi connectivity index (χ1n) is 10.8. The van der Waals surface area contributed by atoms with Gasteiger partial charge < -0.3 is 5.11 Å². The van der Waals surface area contributed by atoms with Crippen molar-refractivity contribution in [1.82, 2.24) is 0 Å². The predicted molar refractivity (Wildman–Crippen MR) is 139 cm³/mol. The van der Waals surface area contributed by atoms with Crippen LogP contribution in [0.5, 0.6) is 5.75 Å². The second-order valence-electron chi connectivity index (χ2n) is 10.2. The van der Waals surface area contributed by atoms with Crippen LogP contribution in [0.1, 0.15) is 58.2 Å². The molecule has 5 heteroatoms. The highest BCUT2D eigenvalue weighted by molar-refractivity contribution is 8.03. The molecule has 32 heavy (non-hydrogen) atoms. The van der Waals surface area contributed by atoms with E-state index in [4.69, 9.17) is 5.41 Å². The van der Waals surface area contributed by atoms with E-state index < -0.39 is 0 Å². The van der Waals surface area contributed by atoms with Gasteiger partial charge in [0, 0.05) is 15.4 Å². The molecular weight excluding hydrogens is 414 g/mol. The van der Waals surface area contributed by atoms with Crippen molar-refractivity contribution in [3.05, 3.63) is 76.2 Å². The van der Waals surface area contributed by atoms with Crippen molar-refractivity contribution in [1.29, 1.82) is 5.41 Å². The number of hydrogen-bond acceptors (Lipinski definition) is 5. The molecule has 2 aromatic rings. The topological polar surface area (TPSA) is 68.5 Å². The van der Waals surface area contributed by atoms with E-state index in [9.17, 15) is 5.11 Å². The van der Waals surface area contributed by atoms with Crippen molar-refractivity contribution in [2.45, 2.75) is 64.2 Å². The number of phenols is 1. The molecule has 0 atom stereocenters. The SMILES string of the molecule is Cc1cc(N/N=C2/C=C(Sc3ccc(C(C)(C)C)cc3)C=CC2=N)c(O)c(C(C)(C)C)c1. The summed E-state index contributed by atoms with van der Waals surface area (Å²) in [6.45, 7) is 14.8. The smallest absolute Gasteiger partial charge is 0.144 e. The monoisotopic (exact) mass is 447 g/mol. The Hall–Kier alpha value is -2.79. The number of anilines is 1. The zero-order valence-corrected chi connectivity index (χ0v) is 20.8. The fourth-order valence-corrected chi connectivity index (χ4v) is 4.23. The van der Waals surface area contributed by atoms with Crippen LogP contribution in [-0.2, 0) is 10.8 Å². The summed E-state index contributed by atoms with van der Waals surface area (Å²) >= 11 is 1.64. The van der Waals surface area contributed by atoms with Gasteiger partial charge in [-0.05, 0) is 65.3 Å². The maximum atomic E-state index is 10.8. The number of rotatable bonds is 4. The molecule has 0 aromatic heterocycles. The molecular formula is C27H33N3OS. The maximum absolute atomic E-state index is 10.8. The van der Waals surface area contributed by atoms with Crippen molar-refractivity contribution in [2.24, 2.45) is 5.10 Å². The van der Waals surface area contributed by atoms with Gasteiger partial charge in [-0.25, -0.2) is 0 Å². The number of thioether (sulfide) groups is 1. The summed E-state index contributed by atoms with van der Waals surface area (Å²) < 4.78 is 0. The van der Waals surface area contributed by atoms with Crippen LogP contribution >= 0.6 is 11.8 Å². The molecule has 0 aliphatic heterocycles. The standard InChI is InChI=1S/C27H33N3OS/c1-17-14-21(27(5,6)7)25(31)24(15-17)30-29-23-16-20(12-13-22(23)28)32-19-10-8-18(9-11-19)26(2,3)4/h8-16,28,30-31H,1-7H3/b28-22?,29-23-. The van der Waals surface area contributed by atoms with Gasteiger partial charge in [0.05, 0.1) is 11.4 Å². The molecule has 0 unspecified atom stereocenters. The summed E-state index contributed by atoms with van der Waals surface area (Å²) in [5, 5.41) is 23.4. The number of hydrogen-bond donors (Lipinski definition) is 3. The quantitative estimate of drug-likeness (QED) is 0.261. The van der Waals surface area contributed by atoms with E-state index in [1.54, 1.807) is 17.8 Å². The number of nitrogens with zero attached hydrogens (tertiary/aromatic N) is 1. The van der Waals surface area contributed by atoms with Gasteiger partial charge >= 0.3 is 0 Å². The van der Waals surface area contributed by atoms with Gasteiger partial charge in [0.15, 0.2) is 0 Å². The van der Waals surface area contributed by atoms with Crippen LogP contribution in [0.2, 0.25) is 0 Å². The molecule has 0 bridgehead atoms. The fraction of sp³-hybridized carbons (Fsp3) is 0.333. The molecule has 0 radical (unpaired) electrons. The highest BCUT2D eigenvalue weighted by Crippen LogP contribution is 2.37. The molecule has 1 aliphatic carbocycles. The summed E-state index contributed by atoms with van der Waals surface area (Å²) in [5.41, 5.74) is 7.53. The fourth-order valence-electron chi connectivity index (χ4n) is 3.38. The Morgan fingerprint density at radius 1 is 0.938 bits per heavy atom. The van der Waals surface area contributed by atoms with Gasteiger partial charge in [0.2, 0.25) is 0 Å². The molecule has 0 spiro atoms. The molecule has 4 nitrogen and oxygen atoms in total. The number of nitrogens with one attached hydrogen (secondary N) is 2. The van der Waals surface area contributed by atoms with Crippen LogP contribution in [0.4, 0.5) is 5.69 Å². The lowest BCUT2D eigenvalue weighted by atomic mass is 9.85. The van der Waals surface area contributed by atoms with E-state index >= 15 is 0 Å². The summed E-state index contributed by atoms with van der Waals surface area (Å²) in [4.78, 5) is 2.15. The zero-order chi connectivity index (χ0) is 23.7. The molecule has 3 rings (SSSR count). The Bertz CT molecular complexity index is 1110. The second-order valence-corrected chi connectivity index (χ2v) is 11.4. The number of aryl methyl sites for hydroxylation is 1. The van der Waals surface area contributed by atoms with Crippen molar-refractivity contribution in [3.63, 3.8) is 0 Å². The molecule has 3 N–H and O–H groups in total. The van der Waals surface area contributed by atoms with Gasteiger partial charge in [-0.15, -0.1) is 0 Å². The van der Waals surface area contributed by atoms with Crippen molar-refractivity contribution in [2.75, 3.05) is 5.43 Å². The highest BCUT2D eigenvalue weighted by Gasteiger charge is 2.21. The van der Waals surface area contributed by atoms with E-state index in [1.807, 2.05) is 31.2 Å². The minimum Gasteiger partial charge on any atom is -0.505 e. The van der Waals surface area contributed by atoms with E-state index in [0.717, 1.165) is 20.9 Å². The molecule has 0 saturated heterocycles. The Balaban J connectivity index is 1.82. The number of aromatic hydroxyl groups is 1. The van der Waals surface area contributed by atoms with Crippen LogP contribution in [0.15, 0.2) is 69.5 Å². The van der Waals surface area contributed by atoms with Gasteiger partial charge in [-0.3, -0.25) is 10.8 Å². The molecule has 0 heterocycles. The third-order valence-corrected chi connectivity index (χ3v) is 6.28. The van der Waals surface area contributed by atoms with Crippen LogP contribution in [0.3, 0.4) is 0 Å². The van der Waals surface area contributed by atoms with Gasteiger partial charge in [-0.1, -0.05) is 71.5 Å². The molecule has 168 valence electrons. The third kappa shape index (κ3) is 5.71. The molecule has 1 aliphatic rings. The van der Waals surface area contributed by atoms with Crippen LogP contribution in [-0.4, -0.2) is 16.5 Å². The molecule has 0 fully saturated rings. The zero-order valence-electron chi connectivity index (χ0n) is 20.0. The lowest BCUT2D eigenvalue weighted by Gasteiger charge is -2.22. The number of phenolic OH excluding ortho intramolecular Hbond substituents is 1. The van der Waals surface area contributed by atoms with Gasteiger partial charge in [0.25, 0.3) is 0 Å². The molecule has 0 amide bonds. The Morgan fingerprint density at radius 2 is 1.59 bits per heavy atom. The first-order valence-corrected chi connectivity index (χ1v) is 11.6. The van der Waals surface area contributed by atoms with Crippen LogP contribution in [0.25, 0.3) is 0 Å². The van der Waals surface area contributed by atoms with Crippen molar-refractivity contribution in [3.8, 4) is 5.75 Å². The summed E-state index contributed by atoms with van der Waals surface area (Å²) in [6.07, 6.45) is 5.59. The summed E-state index contributed by atoms with van der Waals surface area (Å²) in [6, 6.07) is 12.5. The summed E-state index contributed by atoms with van der Waals surface area (Å²) in [7, 11) is 0. The average molecular weight is 448 g/mol. The van der Waals surface area contributed by atoms with E-state index in [0.29, 0.717) is 17.1 Å². The van der Waals surface area contributed by atoms with E-state index in [2.05, 4.69) is 76.3 Å². The molecule has 2 aromatic carbocycles. The first kappa shape index (κ1) is 23.9. The second kappa shape index (κ2) is 8.99. The van der Waals surface area contributed by atoms with Gasteiger partial charge in [-0.2, -0.15) is 5.10 Å². The average Bonchev–Trinajstić information content (AvgIpc) is 2.69. The Morgan fingerprint density at radius 3 is 2.19 bits per heavy atom. The van der Waals surface area contributed by atoms with E-state index in [1.165, 1.54) is 5.56 Å². The van der Waals surface area contributed by atoms with Crippen molar-refractivity contribution >= 4 is 28.9 Å². The van der Waals surface area contributed by atoms with Crippen molar-refractivity contribution < 1.29 is 5.11 Å². The summed E-state index contributed by atoms with van der Waals surface area (Å²) in [5.74, 6) is 0.197. The minimum absolute atomic E-state index is 0.127. The largest absolute Gasteiger partial charge is 0.505 e. The highest BCUT2D eigenvalue weighted by atomic mass is 32.2. The lowest BCUT2D eigenvalue weighted by molar-refractivity contribution is 0.448. The number of hydrazone groups is 1. The first-order chi connectivity index (χ1) is 14.8. The number of allylic oxidation sites excluding steroid dienone is 3. The van der Waals surface area contributed by atoms with E-state index in [-0.39, 0.29) is 16.6 Å². The van der Waals surface area contributed by atoms with Crippen LogP contribution in [0, 0.1) is 12.3 Å². The van der Waals surface area contributed by atoms with Gasteiger partial charge in [0.1, 0.15) is 11.5 Å². The third-order valence-electron chi connectivity index (χ3n) is 5.28. The lowest BCUT2D eigenvalue weighted by Crippen LogP contribution is -2.14. The minimum atomic E-state index is -0.188. The maximum Gasteiger partial charge on any atom is 0.144 e. The predicted octanol–water partition coefficient (Wildman–Crippen LogP) is 7.33. The Labute approximate surface area is 196 Å². The normalized spacial score (nSPS) is 15.8. The number of benzene rings is 2. The molecule has 0 saturated carbocycles. The van der Waals surface area contributed by atoms with Crippen LogP contribution < -0.4 is 5.43 Å². The Kier molecular flexibility index (Phi) is 6.70.